The van der Waals surface area contributed by atoms with Crippen LogP contribution in [-0.2, 0) is 4.79 Å². The van der Waals surface area contributed by atoms with Gasteiger partial charge < -0.3 is 10.4 Å². The Morgan fingerprint density at radius 1 is 1.30 bits per heavy atom. The highest BCUT2D eigenvalue weighted by Crippen LogP contribution is 2.12. The summed E-state index contributed by atoms with van der Waals surface area (Å²) >= 11 is 0. The molecule has 1 heterocycles. The average Bonchev–Trinajstić information content (AvgIpc) is 2.33. The lowest BCUT2D eigenvalue weighted by atomic mass is 9.97. The van der Waals surface area contributed by atoms with Crippen LogP contribution in [-0.4, -0.2) is 28.5 Å². The lowest BCUT2D eigenvalue weighted by Gasteiger charge is -2.15. The Morgan fingerprint density at radius 2 is 1.95 bits per heavy atom. The van der Waals surface area contributed by atoms with E-state index in [1.54, 1.807) is 19.1 Å². The Hall–Kier alpha value is -1.91. The Kier molecular flexibility index (Phi) is 5.67. The van der Waals surface area contributed by atoms with E-state index in [0.29, 0.717) is 17.7 Å². The van der Waals surface area contributed by atoms with E-state index in [2.05, 4.69) is 10.3 Å². The second kappa shape index (κ2) is 7.03. The minimum atomic E-state index is -0.877. The van der Waals surface area contributed by atoms with Gasteiger partial charge in [-0.1, -0.05) is 13.8 Å². The number of aromatic nitrogens is 1. The quantitative estimate of drug-likeness (QED) is 0.836. The molecule has 0 saturated carbocycles. The number of carbonyl (C=O) groups is 2. The van der Waals surface area contributed by atoms with Crippen molar-refractivity contribution in [3.05, 3.63) is 29.1 Å². The van der Waals surface area contributed by atoms with Crippen LogP contribution < -0.4 is 5.32 Å². The molecular weight excluding hydrogens is 256 g/mol. The molecule has 1 amide bonds. The molecule has 1 unspecified atom stereocenters. The number of rotatable bonds is 6. The van der Waals surface area contributed by atoms with Gasteiger partial charge in [-0.15, -0.1) is 0 Å². The molecule has 20 heavy (non-hydrogen) atoms. The molecule has 1 rings (SSSR count). The maximum absolute atomic E-state index is 12.0. The van der Waals surface area contributed by atoms with Gasteiger partial charge in [-0.05, 0) is 38.3 Å². The third-order valence-electron chi connectivity index (χ3n) is 3.08. The van der Waals surface area contributed by atoms with Gasteiger partial charge in [-0.25, -0.2) is 0 Å². The van der Waals surface area contributed by atoms with Gasteiger partial charge in [0.1, 0.15) is 0 Å². The Morgan fingerprint density at radius 3 is 2.45 bits per heavy atom. The summed E-state index contributed by atoms with van der Waals surface area (Å²) in [5, 5.41) is 11.8. The van der Waals surface area contributed by atoms with Crippen molar-refractivity contribution in [1.82, 2.24) is 10.3 Å². The van der Waals surface area contributed by atoms with E-state index < -0.39 is 11.9 Å². The zero-order valence-corrected chi connectivity index (χ0v) is 12.4. The number of carbonyl (C=O) groups excluding carboxylic acids is 1. The molecule has 0 aliphatic rings. The van der Waals surface area contributed by atoms with Gasteiger partial charge in [0.05, 0.1) is 17.2 Å². The molecule has 1 aromatic rings. The summed E-state index contributed by atoms with van der Waals surface area (Å²) in [6.45, 7) is 7.69. The minimum Gasteiger partial charge on any atom is -0.481 e. The number of pyridine rings is 1. The Bertz CT molecular complexity index is 498. The minimum absolute atomic E-state index is 0.139. The van der Waals surface area contributed by atoms with E-state index in [4.69, 9.17) is 5.11 Å². The molecule has 0 fully saturated rings. The van der Waals surface area contributed by atoms with Crippen LogP contribution in [0, 0.1) is 25.7 Å². The first-order chi connectivity index (χ1) is 9.31. The summed E-state index contributed by atoms with van der Waals surface area (Å²) in [5.41, 5.74) is 1.99. The molecule has 0 bridgehead atoms. The summed E-state index contributed by atoms with van der Waals surface area (Å²) < 4.78 is 0. The van der Waals surface area contributed by atoms with Gasteiger partial charge in [0.25, 0.3) is 5.91 Å². The van der Waals surface area contributed by atoms with E-state index in [0.717, 1.165) is 5.69 Å². The number of amides is 1. The molecule has 0 saturated heterocycles. The van der Waals surface area contributed by atoms with Crippen molar-refractivity contribution in [3.63, 3.8) is 0 Å². The number of nitrogens with one attached hydrogen (secondary N) is 1. The number of hydrogen-bond donors (Lipinski definition) is 2. The highest BCUT2D eigenvalue weighted by atomic mass is 16.4. The first-order valence-corrected chi connectivity index (χ1v) is 6.76. The molecule has 0 aliphatic heterocycles. The fourth-order valence-corrected chi connectivity index (χ4v) is 2.08. The first kappa shape index (κ1) is 16.1. The van der Waals surface area contributed by atoms with E-state index in [1.165, 1.54) is 0 Å². The van der Waals surface area contributed by atoms with E-state index >= 15 is 0 Å². The van der Waals surface area contributed by atoms with Gasteiger partial charge in [-0.2, -0.15) is 0 Å². The predicted octanol–water partition coefficient (Wildman–Crippen LogP) is 2.18. The number of carboxylic acid groups (broad SMARTS) is 1. The molecule has 110 valence electrons. The van der Waals surface area contributed by atoms with E-state index in [1.807, 2.05) is 20.8 Å². The lowest BCUT2D eigenvalue weighted by molar-refractivity contribution is -0.142. The van der Waals surface area contributed by atoms with Gasteiger partial charge in [0.2, 0.25) is 0 Å². The van der Waals surface area contributed by atoms with Crippen LogP contribution in [0.4, 0.5) is 0 Å². The van der Waals surface area contributed by atoms with Crippen LogP contribution in [0.5, 0.6) is 0 Å². The van der Waals surface area contributed by atoms with Crippen LogP contribution in [0.1, 0.15) is 42.0 Å². The maximum Gasteiger partial charge on any atom is 0.308 e. The summed E-state index contributed by atoms with van der Waals surface area (Å²) in [6.07, 6.45) is 0.542. The predicted molar refractivity (Wildman–Crippen MR) is 76.6 cm³/mol. The summed E-state index contributed by atoms with van der Waals surface area (Å²) in [7, 11) is 0. The summed E-state index contributed by atoms with van der Waals surface area (Å²) in [5.74, 6) is -1.43. The van der Waals surface area contributed by atoms with Crippen LogP contribution in [0.15, 0.2) is 12.1 Å². The van der Waals surface area contributed by atoms with Crippen molar-refractivity contribution in [2.24, 2.45) is 11.8 Å². The van der Waals surface area contributed by atoms with E-state index in [-0.39, 0.29) is 18.4 Å². The van der Waals surface area contributed by atoms with Crippen molar-refractivity contribution >= 4 is 11.9 Å². The fraction of sp³-hybridized carbons (Fsp3) is 0.533. The molecule has 5 nitrogen and oxygen atoms in total. The molecule has 1 atom stereocenters. The molecule has 0 aliphatic carbocycles. The van der Waals surface area contributed by atoms with Gasteiger partial charge >= 0.3 is 5.97 Å². The summed E-state index contributed by atoms with van der Waals surface area (Å²) in [4.78, 5) is 27.4. The average molecular weight is 278 g/mol. The largest absolute Gasteiger partial charge is 0.481 e. The number of hydrogen-bond acceptors (Lipinski definition) is 3. The first-order valence-electron chi connectivity index (χ1n) is 6.76. The monoisotopic (exact) mass is 278 g/mol. The number of aliphatic carboxylic acids is 1. The van der Waals surface area contributed by atoms with Crippen molar-refractivity contribution in [2.45, 2.75) is 34.1 Å². The highest BCUT2D eigenvalue weighted by Gasteiger charge is 2.20. The van der Waals surface area contributed by atoms with Crippen molar-refractivity contribution in [2.75, 3.05) is 6.54 Å². The molecule has 5 heteroatoms. The molecule has 0 radical (unpaired) electrons. The van der Waals surface area contributed by atoms with Gasteiger partial charge in [-0.3, -0.25) is 14.6 Å². The van der Waals surface area contributed by atoms with Crippen LogP contribution in [0.2, 0.25) is 0 Å². The number of carboxylic acids is 1. The van der Waals surface area contributed by atoms with Crippen molar-refractivity contribution in [3.8, 4) is 0 Å². The normalized spacial score (nSPS) is 12.2. The van der Waals surface area contributed by atoms with Gasteiger partial charge in [0.15, 0.2) is 0 Å². The fourth-order valence-electron chi connectivity index (χ4n) is 2.08. The second-order valence-corrected chi connectivity index (χ2v) is 5.46. The van der Waals surface area contributed by atoms with Crippen molar-refractivity contribution in [1.29, 1.82) is 0 Å². The van der Waals surface area contributed by atoms with E-state index in [9.17, 15) is 9.59 Å². The zero-order chi connectivity index (χ0) is 15.3. The summed E-state index contributed by atoms with van der Waals surface area (Å²) in [6, 6.07) is 3.48. The topological polar surface area (TPSA) is 79.3 Å². The molecular formula is C15H22N2O3. The molecule has 2 N–H and O–H groups in total. The van der Waals surface area contributed by atoms with Crippen LogP contribution in [0.3, 0.4) is 0 Å². The smallest absolute Gasteiger partial charge is 0.308 e. The lowest BCUT2D eigenvalue weighted by Crippen LogP contribution is -2.34. The third kappa shape index (κ3) is 4.64. The Labute approximate surface area is 119 Å². The SMILES string of the molecule is Cc1ccc(C(=O)NCC(CC(C)C)C(=O)O)c(C)n1. The zero-order valence-electron chi connectivity index (χ0n) is 12.4. The third-order valence-corrected chi connectivity index (χ3v) is 3.08. The van der Waals surface area contributed by atoms with Crippen LogP contribution >= 0.6 is 0 Å². The number of aryl methyl sites for hydroxylation is 2. The highest BCUT2D eigenvalue weighted by molar-refractivity contribution is 5.95. The Balaban J connectivity index is 2.68. The maximum atomic E-state index is 12.0. The molecule has 0 aromatic carbocycles. The standard InChI is InChI=1S/C15H22N2O3/c1-9(2)7-12(15(19)20)8-16-14(18)13-6-5-10(3)17-11(13)4/h5-6,9,12H,7-8H2,1-4H3,(H,16,18)(H,19,20). The number of nitrogens with zero attached hydrogens (tertiary/aromatic N) is 1. The molecule has 1 aromatic heterocycles. The van der Waals surface area contributed by atoms with Crippen molar-refractivity contribution < 1.29 is 14.7 Å². The van der Waals surface area contributed by atoms with Gasteiger partial charge in [0, 0.05) is 12.2 Å². The van der Waals surface area contributed by atoms with Crippen LogP contribution in [0.25, 0.3) is 0 Å². The second-order valence-electron chi connectivity index (χ2n) is 5.46. The molecule has 0 spiro atoms.